The summed E-state index contributed by atoms with van der Waals surface area (Å²) in [6, 6.07) is 18.7. The number of hydrogen-bond donors (Lipinski definition) is 1. The molecule has 9 atom stereocenters. The summed E-state index contributed by atoms with van der Waals surface area (Å²) in [5.74, 6) is 0.210. The second-order valence-corrected chi connectivity index (χ2v) is 18.6. The van der Waals surface area contributed by atoms with Crippen LogP contribution in [0.25, 0.3) is 0 Å². The lowest BCUT2D eigenvalue weighted by Gasteiger charge is -2.70. The molecule has 264 valence electrons. The molecule has 5 aliphatic rings. The van der Waals surface area contributed by atoms with Gasteiger partial charge in [0.05, 0.1) is 23.8 Å². The molecule has 0 aromatic heterocycles. The smallest absolute Gasteiger partial charge is 0.338 e. The van der Waals surface area contributed by atoms with Crippen molar-refractivity contribution in [3.05, 3.63) is 82.9 Å². The maximum Gasteiger partial charge on any atom is 0.338 e. The van der Waals surface area contributed by atoms with Crippen molar-refractivity contribution in [1.29, 1.82) is 0 Å². The van der Waals surface area contributed by atoms with Crippen LogP contribution in [-0.2, 0) is 9.47 Å². The normalized spacial score (nSPS) is 41.0. The Hall–Kier alpha value is -2.92. The average Bonchev–Trinajstić information content (AvgIpc) is 3.08. The van der Waals surface area contributed by atoms with Crippen LogP contribution >= 0.6 is 0 Å². The molecule has 49 heavy (non-hydrogen) atoms. The van der Waals surface area contributed by atoms with Gasteiger partial charge in [-0.05, 0) is 128 Å². The summed E-state index contributed by atoms with van der Waals surface area (Å²) < 4.78 is 12.3. The number of carbonyl (C=O) groups is 2. The molecule has 0 spiro atoms. The van der Waals surface area contributed by atoms with Gasteiger partial charge in [-0.2, -0.15) is 0 Å². The van der Waals surface area contributed by atoms with Crippen LogP contribution in [0.5, 0.6) is 0 Å². The van der Waals surface area contributed by atoms with Gasteiger partial charge in [0.1, 0.15) is 6.10 Å². The predicted molar refractivity (Wildman–Crippen MR) is 193 cm³/mol. The number of aliphatic hydroxyl groups excluding tert-OH is 1. The van der Waals surface area contributed by atoms with Crippen LogP contribution < -0.4 is 0 Å². The minimum Gasteiger partial charge on any atom is -0.462 e. The Labute approximate surface area is 294 Å². The third-order valence-electron chi connectivity index (χ3n) is 15.6. The summed E-state index contributed by atoms with van der Waals surface area (Å²) in [6.07, 6.45) is 9.48. The number of carbonyl (C=O) groups excluding carboxylic acids is 2. The first kappa shape index (κ1) is 34.5. The lowest BCUT2D eigenvalue weighted by Crippen LogP contribution is -2.63. The van der Waals surface area contributed by atoms with Gasteiger partial charge in [0.2, 0.25) is 0 Å². The fourth-order valence-corrected chi connectivity index (χ4v) is 12.3. The molecule has 3 fully saturated rings. The van der Waals surface area contributed by atoms with Crippen LogP contribution in [-0.4, -0.2) is 35.9 Å². The van der Waals surface area contributed by atoms with Gasteiger partial charge in [-0.25, -0.2) is 9.59 Å². The second kappa shape index (κ2) is 11.8. The van der Waals surface area contributed by atoms with E-state index in [2.05, 4.69) is 48.5 Å². The molecule has 0 heterocycles. The summed E-state index contributed by atoms with van der Waals surface area (Å²) >= 11 is 0. The highest BCUT2D eigenvalue weighted by Crippen LogP contribution is 2.75. The molecule has 5 heteroatoms. The number of allylic oxidation sites excluding steroid dienone is 1. The molecule has 2 aromatic carbocycles. The van der Waals surface area contributed by atoms with E-state index in [4.69, 9.17) is 9.47 Å². The molecule has 7 rings (SSSR count). The molecule has 0 saturated heterocycles. The number of hydrogen-bond acceptors (Lipinski definition) is 5. The molecule has 3 saturated carbocycles. The lowest BCUT2D eigenvalue weighted by molar-refractivity contribution is -0.169. The molecule has 0 bridgehead atoms. The highest BCUT2D eigenvalue weighted by atomic mass is 16.5. The molecule has 5 nitrogen and oxygen atoms in total. The maximum absolute atomic E-state index is 13.2. The number of esters is 2. The van der Waals surface area contributed by atoms with Gasteiger partial charge in [0.25, 0.3) is 0 Å². The highest BCUT2D eigenvalue weighted by Gasteiger charge is 2.67. The van der Waals surface area contributed by atoms with Gasteiger partial charge < -0.3 is 14.6 Å². The topological polar surface area (TPSA) is 72.8 Å². The van der Waals surface area contributed by atoms with Crippen LogP contribution in [0.4, 0.5) is 0 Å². The van der Waals surface area contributed by atoms with Crippen LogP contribution in [0, 0.1) is 44.3 Å². The maximum atomic E-state index is 13.2. The summed E-state index contributed by atoms with van der Waals surface area (Å²) in [6.45, 7) is 17.3. The number of rotatable bonds is 5. The quantitative estimate of drug-likeness (QED) is 0.254. The molecule has 0 aliphatic heterocycles. The van der Waals surface area contributed by atoms with E-state index in [1.54, 1.807) is 0 Å². The molecular weight excluding hydrogens is 608 g/mol. The minimum atomic E-state index is -0.494. The standard InChI is InChI=1S/C44H58O5/c1-39(2)33-26-32(45)36-31(42(33,5)20-19-35(39)49-38(47)30-16-12-9-13-17-30)18-21-43(6)34-27-40(3,22-23-41(34,4)24-25-44(36,43)7)28-48-37(46)29-14-10-8-11-15-29/h8-17,32-35,45H,18-28H2,1-7H3/t32-,33-,34+,35+,40+,41+,42+,43+,44-/m0/s1. The van der Waals surface area contributed by atoms with E-state index in [0.717, 1.165) is 57.8 Å². The molecule has 1 N–H and O–H groups in total. The molecule has 2 aromatic rings. The first-order chi connectivity index (χ1) is 23.1. The van der Waals surface area contributed by atoms with Crippen LogP contribution in [0.1, 0.15) is 133 Å². The third kappa shape index (κ3) is 5.35. The van der Waals surface area contributed by atoms with Gasteiger partial charge in [-0.3, -0.25) is 0 Å². The third-order valence-corrected chi connectivity index (χ3v) is 15.6. The van der Waals surface area contributed by atoms with Crippen molar-refractivity contribution in [2.75, 3.05) is 6.61 Å². The Morgan fingerprint density at radius 3 is 2.02 bits per heavy atom. The number of fused-ring (bicyclic) bond motifs is 6. The van der Waals surface area contributed by atoms with E-state index in [9.17, 15) is 14.7 Å². The SMILES string of the molecule is CC1(C)[C@H](OC(=O)c2ccccc2)CC[C@]2(C)C3=C([C@@H](O)C[C@@H]12)[C@]1(C)CC[C@@]2(C)CC[C@@](C)(COC(=O)c4ccccc4)C[C@H]2[C@@]1(C)CC3. The van der Waals surface area contributed by atoms with Crippen molar-refractivity contribution in [2.24, 2.45) is 44.3 Å². The molecule has 5 aliphatic carbocycles. The predicted octanol–water partition coefficient (Wildman–Crippen LogP) is 9.99. The summed E-state index contributed by atoms with van der Waals surface area (Å²) in [5.41, 5.74) is 3.85. The lowest BCUT2D eigenvalue weighted by atomic mass is 9.35. The second-order valence-electron chi connectivity index (χ2n) is 18.6. The molecule has 0 radical (unpaired) electrons. The van der Waals surface area contributed by atoms with Crippen molar-refractivity contribution in [3.8, 4) is 0 Å². The van der Waals surface area contributed by atoms with Gasteiger partial charge in [0, 0.05) is 10.8 Å². The highest BCUT2D eigenvalue weighted by molar-refractivity contribution is 5.89. The van der Waals surface area contributed by atoms with Gasteiger partial charge in [-0.15, -0.1) is 0 Å². The van der Waals surface area contributed by atoms with Crippen molar-refractivity contribution in [2.45, 2.75) is 125 Å². The first-order valence-electron chi connectivity index (χ1n) is 19.0. The van der Waals surface area contributed by atoms with Crippen LogP contribution in [0.2, 0.25) is 0 Å². The fraction of sp³-hybridized carbons (Fsp3) is 0.636. The van der Waals surface area contributed by atoms with Gasteiger partial charge in [-0.1, -0.05) is 90.4 Å². The Balaban J connectivity index is 1.16. The Morgan fingerprint density at radius 2 is 1.37 bits per heavy atom. The fourth-order valence-electron chi connectivity index (χ4n) is 12.3. The number of benzene rings is 2. The first-order valence-corrected chi connectivity index (χ1v) is 19.0. The van der Waals surface area contributed by atoms with E-state index in [1.807, 2.05) is 60.7 Å². The Kier molecular flexibility index (Phi) is 8.33. The molecule has 0 unspecified atom stereocenters. The van der Waals surface area contributed by atoms with Crippen LogP contribution in [0.3, 0.4) is 0 Å². The Bertz CT molecular complexity index is 1630. The summed E-state index contributed by atoms with van der Waals surface area (Å²) in [4.78, 5) is 26.1. The van der Waals surface area contributed by atoms with E-state index >= 15 is 0 Å². The largest absolute Gasteiger partial charge is 0.462 e. The summed E-state index contributed by atoms with van der Waals surface area (Å²) in [7, 11) is 0. The van der Waals surface area contributed by atoms with E-state index in [1.165, 1.54) is 11.1 Å². The molecular formula is C44H58O5. The monoisotopic (exact) mass is 666 g/mol. The van der Waals surface area contributed by atoms with Crippen molar-refractivity contribution in [3.63, 3.8) is 0 Å². The zero-order chi connectivity index (χ0) is 35.0. The molecule has 0 amide bonds. The minimum absolute atomic E-state index is 0.0338. The average molecular weight is 667 g/mol. The van der Waals surface area contributed by atoms with Crippen LogP contribution in [0.15, 0.2) is 71.8 Å². The van der Waals surface area contributed by atoms with E-state index < -0.39 is 6.10 Å². The zero-order valence-electron chi connectivity index (χ0n) is 30.9. The van der Waals surface area contributed by atoms with Crippen molar-refractivity contribution < 1.29 is 24.2 Å². The van der Waals surface area contributed by atoms with Gasteiger partial charge in [0.15, 0.2) is 0 Å². The van der Waals surface area contributed by atoms with E-state index in [0.29, 0.717) is 30.1 Å². The zero-order valence-corrected chi connectivity index (χ0v) is 30.9. The van der Waals surface area contributed by atoms with Gasteiger partial charge >= 0.3 is 11.9 Å². The number of ether oxygens (including phenoxy) is 2. The summed E-state index contributed by atoms with van der Waals surface area (Å²) in [5, 5.41) is 12.3. The van der Waals surface area contributed by atoms with Crippen molar-refractivity contribution in [1.82, 2.24) is 0 Å². The number of aliphatic hydroxyl groups is 1. The Morgan fingerprint density at radius 1 is 0.755 bits per heavy atom. The van der Waals surface area contributed by atoms with E-state index in [-0.39, 0.29) is 56.5 Å². The van der Waals surface area contributed by atoms with Crippen molar-refractivity contribution >= 4 is 11.9 Å².